The molecule has 1 fully saturated rings. The Kier molecular flexibility index (Phi) is 9.01. The standard InChI is InChI=1S/C19H32N4O3S.HI/c1-19(2)14-23(11-12-27(19,24)25)18(20-3)21-13-17(22(4)5)15-7-9-16(26-6)10-8-15;/h7-10,17H,11-14H2,1-6H3,(H,20,21);1H. The van der Waals surface area contributed by atoms with Crippen LogP contribution in [0.2, 0.25) is 0 Å². The van der Waals surface area contributed by atoms with E-state index in [1.54, 1.807) is 28.0 Å². The van der Waals surface area contributed by atoms with Gasteiger partial charge in [0, 0.05) is 26.7 Å². The van der Waals surface area contributed by atoms with Crippen molar-refractivity contribution in [2.75, 3.05) is 53.6 Å². The van der Waals surface area contributed by atoms with Crippen molar-refractivity contribution in [2.45, 2.75) is 24.6 Å². The molecule has 0 amide bonds. The Labute approximate surface area is 186 Å². The highest BCUT2D eigenvalue weighted by molar-refractivity contribution is 14.0. The minimum Gasteiger partial charge on any atom is -0.497 e. The summed E-state index contributed by atoms with van der Waals surface area (Å²) in [6.07, 6.45) is 0. The van der Waals surface area contributed by atoms with Crippen molar-refractivity contribution >= 4 is 39.8 Å². The second-order valence-electron chi connectivity index (χ2n) is 7.68. The number of guanidine groups is 1. The van der Waals surface area contributed by atoms with E-state index in [4.69, 9.17) is 4.74 Å². The van der Waals surface area contributed by atoms with Gasteiger partial charge in [0.2, 0.25) is 0 Å². The summed E-state index contributed by atoms with van der Waals surface area (Å²) in [5, 5.41) is 3.42. The molecular formula is C19H33IN4O3S. The third-order valence-corrected chi connectivity index (χ3v) is 7.67. The molecule has 1 unspecified atom stereocenters. The Balaban J connectivity index is 0.00000392. The van der Waals surface area contributed by atoms with Crippen molar-refractivity contribution in [3.8, 4) is 5.75 Å². The first-order valence-corrected chi connectivity index (χ1v) is 10.7. The zero-order valence-corrected chi connectivity index (χ0v) is 20.7. The van der Waals surface area contributed by atoms with E-state index < -0.39 is 14.6 Å². The van der Waals surface area contributed by atoms with E-state index >= 15 is 0 Å². The minimum absolute atomic E-state index is 0. The van der Waals surface area contributed by atoms with Crippen molar-refractivity contribution in [1.29, 1.82) is 0 Å². The van der Waals surface area contributed by atoms with Crippen LogP contribution in [0.5, 0.6) is 5.75 Å². The summed E-state index contributed by atoms with van der Waals surface area (Å²) in [6.45, 7) is 5.12. The van der Waals surface area contributed by atoms with E-state index in [2.05, 4.69) is 27.3 Å². The first-order valence-electron chi connectivity index (χ1n) is 9.09. The van der Waals surface area contributed by atoms with Gasteiger partial charge in [0.1, 0.15) is 5.75 Å². The molecule has 160 valence electrons. The summed E-state index contributed by atoms with van der Waals surface area (Å²) in [4.78, 5) is 8.55. The topological polar surface area (TPSA) is 74.2 Å². The van der Waals surface area contributed by atoms with Crippen LogP contribution in [0.15, 0.2) is 29.3 Å². The fraction of sp³-hybridized carbons (Fsp3) is 0.632. The Morgan fingerprint density at radius 3 is 2.39 bits per heavy atom. The third kappa shape index (κ3) is 5.73. The van der Waals surface area contributed by atoms with Gasteiger partial charge in [-0.25, -0.2) is 8.42 Å². The number of benzene rings is 1. The van der Waals surface area contributed by atoms with Crippen LogP contribution in [-0.4, -0.2) is 82.6 Å². The smallest absolute Gasteiger partial charge is 0.193 e. The first kappa shape index (κ1) is 25.0. The molecule has 1 N–H and O–H groups in total. The lowest BCUT2D eigenvalue weighted by molar-refractivity contribution is 0.291. The van der Waals surface area contributed by atoms with Crippen molar-refractivity contribution in [2.24, 2.45) is 4.99 Å². The fourth-order valence-electron chi connectivity index (χ4n) is 3.27. The van der Waals surface area contributed by atoms with Gasteiger partial charge in [0.05, 0.1) is 23.7 Å². The molecule has 1 atom stereocenters. The van der Waals surface area contributed by atoms with Gasteiger partial charge in [0.15, 0.2) is 15.8 Å². The molecule has 28 heavy (non-hydrogen) atoms. The molecule has 1 heterocycles. The van der Waals surface area contributed by atoms with E-state index in [1.165, 1.54) is 5.56 Å². The van der Waals surface area contributed by atoms with Crippen LogP contribution in [0.3, 0.4) is 0 Å². The van der Waals surface area contributed by atoms with Gasteiger partial charge in [-0.15, -0.1) is 24.0 Å². The maximum Gasteiger partial charge on any atom is 0.193 e. The summed E-state index contributed by atoms with van der Waals surface area (Å²) in [5.74, 6) is 1.71. The fourth-order valence-corrected chi connectivity index (χ4v) is 4.64. The van der Waals surface area contributed by atoms with Crippen LogP contribution in [0.4, 0.5) is 0 Å². The lowest BCUT2D eigenvalue weighted by atomic mass is 10.1. The van der Waals surface area contributed by atoms with Crippen LogP contribution < -0.4 is 10.1 Å². The maximum atomic E-state index is 12.2. The SMILES string of the molecule is CN=C(NCC(c1ccc(OC)cc1)N(C)C)N1CCS(=O)(=O)C(C)(C)C1.I. The zero-order chi connectivity index (χ0) is 20.2. The van der Waals surface area contributed by atoms with Crippen molar-refractivity contribution in [1.82, 2.24) is 15.1 Å². The molecule has 7 nitrogen and oxygen atoms in total. The molecule has 1 aliphatic rings. The zero-order valence-electron chi connectivity index (χ0n) is 17.6. The normalized spacial score (nSPS) is 19.7. The minimum atomic E-state index is -3.07. The Hall–Kier alpha value is -1.07. The molecule has 1 aromatic carbocycles. The van der Waals surface area contributed by atoms with Crippen molar-refractivity contribution in [3.63, 3.8) is 0 Å². The van der Waals surface area contributed by atoms with Gasteiger partial charge in [-0.2, -0.15) is 0 Å². The van der Waals surface area contributed by atoms with Crippen LogP contribution in [0.1, 0.15) is 25.5 Å². The summed E-state index contributed by atoms with van der Waals surface area (Å²) >= 11 is 0. The number of likely N-dealkylation sites (N-methyl/N-ethyl adjacent to an activating group) is 1. The van der Waals surface area contributed by atoms with Crippen molar-refractivity contribution in [3.05, 3.63) is 29.8 Å². The number of halogens is 1. The van der Waals surface area contributed by atoms with Crippen LogP contribution in [0, 0.1) is 0 Å². The molecule has 9 heteroatoms. The molecule has 0 aliphatic carbocycles. The maximum absolute atomic E-state index is 12.2. The molecule has 1 aromatic rings. The number of nitrogens with one attached hydrogen (secondary N) is 1. The molecule has 0 radical (unpaired) electrons. The number of methoxy groups -OCH3 is 1. The third-order valence-electron chi connectivity index (χ3n) is 5.13. The highest BCUT2D eigenvalue weighted by Crippen LogP contribution is 2.24. The number of hydrogen-bond acceptors (Lipinski definition) is 5. The molecular weight excluding hydrogens is 491 g/mol. The first-order chi connectivity index (χ1) is 12.6. The summed E-state index contributed by atoms with van der Waals surface area (Å²) < 4.78 is 29.0. The van der Waals surface area contributed by atoms with Gasteiger partial charge >= 0.3 is 0 Å². The average Bonchev–Trinajstić information content (AvgIpc) is 2.61. The predicted octanol–water partition coefficient (Wildman–Crippen LogP) is 2.00. The number of ether oxygens (including phenoxy) is 1. The summed E-state index contributed by atoms with van der Waals surface area (Å²) in [5.41, 5.74) is 1.17. The molecule has 0 saturated carbocycles. The van der Waals surface area contributed by atoms with E-state index in [9.17, 15) is 8.42 Å². The van der Waals surface area contributed by atoms with Crippen LogP contribution in [-0.2, 0) is 9.84 Å². The largest absolute Gasteiger partial charge is 0.497 e. The Bertz CT molecular complexity index is 764. The predicted molar refractivity (Wildman–Crippen MR) is 126 cm³/mol. The summed E-state index contributed by atoms with van der Waals surface area (Å²) in [6, 6.07) is 8.18. The quantitative estimate of drug-likeness (QED) is 0.361. The monoisotopic (exact) mass is 524 g/mol. The lowest BCUT2D eigenvalue weighted by Gasteiger charge is -2.39. The van der Waals surface area contributed by atoms with Gasteiger partial charge in [0.25, 0.3) is 0 Å². The molecule has 0 spiro atoms. The van der Waals surface area contributed by atoms with Crippen molar-refractivity contribution < 1.29 is 13.2 Å². The van der Waals surface area contributed by atoms with Crippen LogP contribution >= 0.6 is 24.0 Å². The number of aliphatic imine (C=N–C) groups is 1. The van der Waals surface area contributed by atoms with Crippen LogP contribution in [0.25, 0.3) is 0 Å². The average molecular weight is 524 g/mol. The second kappa shape index (κ2) is 10.1. The molecule has 1 aliphatic heterocycles. The number of rotatable bonds is 5. The van der Waals surface area contributed by atoms with E-state index in [1.807, 2.05) is 31.1 Å². The molecule has 2 rings (SSSR count). The number of hydrogen-bond donors (Lipinski definition) is 1. The van der Waals surface area contributed by atoms with E-state index in [0.29, 0.717) is 19.6 Å². The Morgan fingerprint density at radius 2 is 1.93 bits per heavy atom. The second-order valence-corrected chi connectivity index (χ2v) is 10.4. The highest BCUT2D eigenvalue weighted by atomic mass is 127. The molecule has 0 bridgehead atoms. The molecule has 1 saturated heterocycles. The summed E-state index contributed by atoms with van der Waals surface area (Å²) in [7, 11) is 4.39. The van der Waals surface area contributed by atoms with Gasteiger partial charge < -0.3 is 19.9 Å². The number of nitrogens with zero attached hydrogens (tertiary/aromatic N) is 3. The van der Waals surface area contributed by atoms with E-state index in [0.717, 1.165) is 11.7 Å². The van der Waals surface area contributed by atoms with Gasteiger partial charge in [-0.05, 0) is 45.6 Å². The number of sulfone groups is 1. The van der Waals surface area contributed by atoms with Gasteiger partial charge in [-0.3, -0.25) is 4.99 Å². The van der Waals surface area contributed by atoms with Gasteiger partial charge in [-0.1, -0.05) is 12.1 Å². The lowest BCUT2D eigenvalue weighted by Crippen LogP contribution is -2.57. The highest BCUT2D eigenvalue weighted by Gasteiger charge is 2.41. The molecule has 0 aromatic heterocycles. The van der Waals surface area contributed by atoms with E-state index in [-0.39, 0.29) is 35.8 Å². The Morgan fingerprint density at radius 1 is 1.32 bits per heavy atom.